The molecule has 0 aliphatic carbocycles. The number of nitrogen functional groups attached to an aromatic ring is 1. The van der Waals surface area contributed by atoms with E-state index < -0.39 is 0 Å². The van der Waals surface area contributed by atoms with Crippen LogP contribution in [0.4, 0.5) is 5.82 Å². The van der Waals surface area contributed by atoms with E-state index in [-0.39, 0.29) is 12.6 Å². The third kappa shape index (κ3) is 2.66. The van der Waals surface area contributed by atoms with Gasteiger partial charge in [0.1, 0.15) is 23.2 Å². The Morgan fingerprint density at radius 1 is 1.04 bits per heavy atom. The van der Waals surface area contributed by atoms with Crippen LogP contribution in [0.3, 0.4) is 0 Å². The van der Waals surface area contributed by atoms with Crippen LogP contribution in [0.15, 0.2) is 48.5 Å². The highest BCUT2D eigenvalue weighted by molar-refractivity contribution is 5.81. The van der Waals surface area contributed by atoms with Gasteiger partial charge >= 0.3 is 0 Å². The van der Waals surface area contributed by atoms with Crippen LogP contribution in [0.25, 0.3) is 22.4 Å². The molecule has 6 heteroatoms. The minimum absolute atomic E-state index is 0.188. The molecule has 1 aromatic heterocycles. The van der Waals surface area contributed by atoms with Crippen molar-refractivity contribution in [1.29, 1.82) is 5.26 Å². The Morgan fingerprint density at radius 3 is 2.50 bits per heavy atom. The van der Waals surface area contributed by atoms with Crippen LogP contribution in [0.1, 0.15) is 5.56 Å². The van der Waals surface area contributed by atoms with Gasteiger partial charge in [0.25, 0.3) is 0 Å². The lowest BCUT2D eigenvalue weighted by Gasteiger charge is -2.11. The van der Waals surface area contributed by atoms with Crippen molar-refractivity contribution in [3.8, 4) is 45.7 Å². The van der Waals surface area contributed by atoms with Crippen LogP contribution in [0.2, 0.25) is 0 Å². The van der Waals surface area contributed by atoms with Crippen molar-refractivity contribution in [2.45, 2.75) is 0 Å². The highest BCUT2D eigenvalue weighted by Gasteiger charge is 2.18. The van der Waals surface area contributed by atoms with E-state index in [0.29, 0.717) is 28.3 Å². The molecule has 0 saturated heterocycles. The van der Waals surface area contributed by atoms with Gasteiger partial charge in [0.05, 0.1) is 12.8 Å². The van der Waals surface area contributed by atoms with Gasteiger partial charge in [-0.05, 0) is 48.0 Å². The van der Waals surface area contributed by atoms with E-state index >= 15 is 0 Å². The van der Waals surface area contributed by atoms with Gasteiger partial charge < -0.3 is 19.9 Å². The average Bonchev–Trinajstić information content (AvgIpc) is 3.15. The molecule has 128 valence electrons. The number of hydrogen-bond donors (Lipinski definition) is 1. The quantitative estimate of drug-likeness (QED) is 0.780. The van der Waals surface area contributed by atoms with Gasteiger partial charge in [-0.3, -0.25) is 0 Å². The fourth-order valence-electron chi connectivity index (χ4n) is 2.88. The van der Waals surface area contributed by atoms with E-state index in [1.54, 1.807) is 7.11 Å². The molecule has 4 rings (SSSR count). The van der Waals surface area contributed by atoms with E-state index in [0.717, 1.165) is 16.9 Å². The predicted octanol–water partition coefficient (Wildman–Crippen LogP) is 3.61. The Balaban J connectivity index is 1.85. The Bertz CT molecular complexity index is 1020. The largest absolute Gasteiger partial charge is 0.497 e. The topological polar surface area (TPSA) is 90.4 Å². The standard InChI is InChI=1S/C20H15N3O3/c1-24-14-5-2-12(3-6-14)17-9-15(16(10-21)20(22)23-17)13-4-7-18-19(8-13)26-11-25-18/h2-9H,11H2,1H3,(H2,22,23). The first-order chi connectivity index (χ1) is 12.7. The summed E-state index contributed by atoms with van der Waals surface area (Å²) in [5.41, 5.74) is 9.47. The number of nitrogens with two attached hydrogens (primary N) is 1. The van der Waals surface area contributed by atoms with Crippen molar-refractivity contribution in [1.82, 2.24) is 4.98 Å². The van der Waals surface area contributed by atoms with E-state index in [1.807, 2.05) is 48.5 Å². The molecular formula is C20H15N3O3. The number of benzene rings is 2. The number of anilines is 1. The first kappa shape index (κ1) is 15.8. The van der Waals surface area contributed by atoms with Gasteiger partial charge in [0.15, 0.2) is 11.5 Å². The van der Waals surface area contributed by atoms with E-state index in [9.17, 15) is 5.26 Å². The Labute approximate surface area is 150 Å². The molecule has 2 N–H and O–H groups in total. The van der Waals surface area contributed by atoms with E-state index in [4.69, 9.17) is 19.9 Å². The van der Waals surface area contributed by atoms with Crippen LogP contribution in [0, 0.1) is 11.3 Å². The summed E-state index contributed by atoms with van der Waals surface area (Å²) in [6, 6.07) is 17.0. The van der Waals surface area contributed by atoms with Crippen molar-refractivity contribution in [2.75, 3.05) is 19.6 Å². The van der Waals surface area contributed by atoms with Crippen molar-refractivity contribution < 1.29 is 14.2 Å². The Morgan fingerprint density at radius 2 is 1.77 bits per heavy atom. The molecule has 0 atom stereocenters. The van der Waals surface area contributed by atoms with Gasteiger partial charge in [0.2, 0.25) is 6.79 Å². The number of nitrogens with zero attached hydrogens (tertiary/aromatic N) is 2. The van der Waals surface area contributed by atoms with E-state index in [1.165, 1.54) is 0 Å². The normalized spacial score (nSPS) is 11.8. The molecule has 1 aliphatic rings. The number of ether oxygens (including phenoxy) is 3. The lowest BCUT2D eigenvalue weighted by Crippen LogP contribution is -2.00. The zero-order chi connectivity index (χ0) is 18.1. The van der Waals surface area contributed by atoms with Crippen LogP contribution in [0.5, 0.6) is 17.2 Å². The average molecular weight is 345 g/mol. The SMILES string of the molecule is COc1ccc(-c2cc(-c3ccc4c(c3)OCO4)c(C#N)c(N)n2)cc1. The molecule has 1 aliphatic heterocycles. The number of rotatable bonds is 3. The number of hydrogen-bond acceptors (Lipinski definition) is 6. The zero-order valence-electron chi connectivity index (χ0n) is 14.0. The fraction of sp³-hybridized carbons (Fsp3) is 0.100. The maximum Gasteiger partial charge on any atom is 0.231 e. The number of fused-ring (bicyclic) bond motifs is 1. The van der Waals surface area contributed by atoms with Gasteiger partial charge in [0, 0.05) is 11.1 Å². The first-order valence-corrected chi connectivity index (χ1v) is 7.94. The van der Waals surface area contributed by atoms with Crippen LogP contribution in [-0.4, -0.2) is 18.9 Å². The summed E-state index contributed by atoms with van der Waals surface area (Å²) in [7, 11) is 1.62. The molecular weight excluding hydrogens is 330 g/mol. The maximum absolute atomic E-state index is 9.54. The molecule has 3 aromatic rings. The van der Waals surface area contributed by atoms with E-state index in [2.05, 4.69) is 11.1 Å². The summed E-state index contributed by atoms with van der Waals surface area (Å²) >= 11 is 0. The first-order valence-electron chi connectivity index (χ1n) is 7.94. The second kappa shape index (κ2) is 6.30. The van der Waals surface area contributed by atoms with Crippen LogP contribution < -0.4 is 19.9 Å². The predicted molar refractivity (Wildman–Crippen MR) is 96.9 cm³/mol. The third-order valence-electron chi connectivity index (χ3n) is 4.23. The molecule has 0 bridgehead atoms. The van der Waals surface area contributed by atoms with Crippen molar-refractivity contribution in [3.05, 3.63) is 54.1 Å². The smallest absolute Gasteiger partial charge is 0.231 e. The number of nitriles is 1. The summed E-state index contributed by atoms with van der Waals surface area (Å²) in [5.74, 6) is 2.28. The molecule has 0 amide bonds. The van der Waals surface area contributed by atoms with Crippen molar-refractivity contribution in [3.63, 3.8) is 0 Å². The van der Waals surface area contributed by atoms with Crippen LogP contribution in [-0.2, 0) is 0 Å². The van der Waals surface area contributed by atoms with Gasteiger partial charge in [-0.1, -0.05) is 6.07 Å². The Hall–Kier alpha value is -3.72. The molecule has 0 fully saturated rings. The lowest BCUT2D eigenvalue weighted by atomic mass is 9.98. The summed E-state index contributed by atoms with van der Waals surface area (Å²) < 4.78 is 16.0. The number of methoxy groups -OCH3 is 1. The maximum atomic E-state index is 9.54. The van der Waals surface area contributed by atoms with Crippen molar-refractivity contribution in [2.24, 2.45) is 0 Å². The van der Waals surface area contributed by atoms with Gasteiger partial charge in [-0.25, -0.2) is 4.98 Å². The van der Waals surface area contributed by atoms with Crippen LogP contribution >= 0.6 is 0 Å². The zero-order valence-corrected chi connectivity index (χ0v) is 14.0. The summed E-state index contributed by atoms with van der Waals surface area (Å²) in [6.07, 6.45) is 0. The Kier molecular flexibility index (Phi) is 3.82. The molecule has 0 unspecified atom stereocenters. The second-order valence-corrected chi connectivity index (χ2v) is 5.72. The monoisotopic (exact) mass is 345 g/mol. The lowest BCUT2D eigenvalue weighted by molar-refractivity contribution is 0.174. The highest BCUT2D eigenvalue weighted by Crippen LogP contribution is 2.38. The molecule has 6 nitrogen and oxygen atoms in total. The molecule has 2 heterocycles. The molecule has 0 saturated carbocycles. The van der Waals surface area contributed by atoms with Gasteiger partial charge in [-0.15, -0.1) is 0 Å². The molecule has 0 spiro atoms. The fourth-order valence-corrected chi connectivity index (χ4v) is 2.88. The number of pyridine rings is 1. The highest BCUT2D eigenvalue weighted by atomic mass is 16.7. The minimum atomic E-state index is 0.188. The second-order valence-electron chi connectivity index (χ2n) is 5.72. The third-order valence-corrected chi connectivity index (χ3v) is 4.23. The molecule has 2 aromatic carbocycles. The van der Waals surface area contributed by atoms with Crippen molar-refractivity contribution >= 4 is 5.82 Å². The van der Waals surface area contributed by atoms with Gasteiger partial charge in [-0.2, -0.15) is 5.26 Å². The summed E-state index contributed by atoms with van der Waals surface area (Å²) in [4.78, 5) is 4.39. The summed E-state index contributed by atoms with van der Waals surface area (Å²) in [6.45, 7) is 0.194. The number of aromatic nitrogens is 1. The molecule has 26 heavy (non-hydrogen) atoms. The minimum Gasteiger partial charge on any atom is -0.497 e. The molecule has 0 radical (unpaired) electrons. The summed E-state index contributed by atoms with van der Waals surface area (Å²) in [5, 5.41) is 9.54.